The Morgan fingerprint density at radius 2 is 1.83 bits per heavy atom. The fourth-order valence-electron chi connectivity index (χ4n) is 1.69. The highest BCUT2D eigenvalue weighted by atomic mass is 28.4. The molecule has 3 heteroatoms. The van der Waals surface area contributed by atoms with Crippen LogP contribution in [0.5, 0.6) is 0 Å². The lowest BCUT2D eigenvalue weighted by Gasteiger charge is -2.36. The summed E-state index contributed by atoms with van der Waals surface area (Å²) in [5.41, 5.74) is -0.185. The van der Waals surface area contributed by atoms with Crippen LogP contribution in [0.3, 0.4) is 0 Å². The Morgan fingerprint density at radius 3 is 2.28 bits per heavy atom. The van der Waals surface area contributed by atoms with Crippen LogP contribution in [0.2, 0.25) is 18.1 Å². The molecular formula is C15H28O2Si. The zero-order valence-corrected chi connectivity index (χ0v) is 13.9. The van der Waals surface area contributed by atoms with Crippen LogP contribution in [0, 0.1) is 0 Å². The zero-order valence-electron chi connectivity index (χ0n) is 12.9. The van der Waals surface area contributed by atoms with E-state index in [2.05, 4.69) is 46.0 Å². The summed E-state index contributed by atoms with van der Waals surface area (Å²) in [5, 5.41) is 0.252. The van der Waals surface area contributed by atoms with E-state index < -0.39 is 8.32 Å². The first kappa shape index (κ1) is 15.7. The molecule has 0 aliphatic heterocycles. The van der Waals surface area contributed by atoms with E-state index in [1.807, 2.05) is 19.1 Å². The third-order valence-corrected chi connectivity index (χ3v) is 8.68. The highest BCUT2D eigenvalue weighted by Gasteiger charge is 2.57. The SMILES string of the molecule is C/C=C/C=C/[C@]1(OC)C[C@H]1O[Si](C)(C)C(C)(C)C. The van der Waals surface area contributed by atoms with Crippen molar-refractivity contribution in [1.82, 2.24) is 0 Å². The molecule has 0 amide bonds. The van der Waals surface area contributed by atoms with Crippen LogP contribution < -0.4 is 0 Å². The van der Waals surface area contributed by atoms with Crippen molar-refractivity contribution in [2.75, 3.05) is 7.11 Å². The van der Waals surface area contributed by atoms with E-state index in [0.29, 0.717) is 0 Å². The number of hydrogen-bond donors (Lipinski definition) is 0. The quantitative estimate of drug-likeness (QED) is 0.547. The molecule has 0 aromatic rings. The molecule has 18 heavy (non-hydrogen) atoms. The highest BCUT2D eigenvalue weighted by Crippen LogP contribution is 2.48. The Bertz CT molecular complexity index is 339. The van der Waals surface area contributed by atoms with Crippen molar-refractivity contribution in [3.8, 4) is 0 Å². The third-order valence-electron chi connectivity index (χ3n) is 4.19. The molecule has 0 aromatic heterocycles. The second-order valence-electron chi connectivity index (χ2n) is 6.61. The van der Waals surface area contributed by atoms with Gasteiger partial charge in [-0.25, -0.2) is 0 Å². The molecule has 0 N–H and O–H groups in total. The first-order chi connectivity index (χ1) is 8.18. The average molecular weight is 268 g/mol. The van der Waals surface area contributed by atoms with Crippen LogP contribution in [0.1, 0.15) is 34.1 Å². The minimum absolute atomic E-state index is 0.185. The molecular weight excluding hydrogens is 240 g/mol. The maximum absolute atomic E-state index is 6.39. The summed E-state index contributed by atoms with van der Waals surface area (Å²) in [7, 11) is 0.0828. The fraction of sp³-hybridized carbons (Fsp3) is 0.733. The van der Waals surface area contributed by atoms with E-state index in [1.54, 1.807) is 7.11 Å². The molecule has 1 aliphatic rings. The van der Waals surface area contributed by atoms with Crippen molar-refractivity contribution in [2.45, 2.75) is 64.0 Å². The molecule has 2 atom stereocenters. The summed E-state index contributed by atoms with van der Waals surface area (Å²) in [6.45, 7) is 13.4. The van der Waals surface area contributed by atoms with Crippen molar-refractivity contribution < 1.29 is 9.16 Å². The first-order valence-corrected chi connectivity index (χ1v) is 9.63. The molecule has 0 bridgehead atoms. The van der Waals surface area contributed by atoms with Crippen molar-refractivity contribution in [1.29, 1.82) is 0 Å². The fourth-order valence-corrected chi connectivity index (χ4v) is 3.04. The molecule has 0 unspecified atom stereocenters. The summed E-state index contributed by atoms with van der Waals surface area (Å²) < 4.78 is 12.0. The van der Waals surface area contributed by atoms with Gasteiger partial charge in [-0.2, -0.15) is 0 Å². The van der Waals surface area contributed by atoms with Crippen LogP contribution in [-0.2, 0) is 9.16 Å². The van der Waals surface area contributed by atoms with E-state index in [-0.39, 0.29) is 16.7 Å². The Balaban J connectivity index is 2.67. The largest absolute Gasteiger partial charge is 0.411 e. The van der Waals surface area contributed by atoms with Gasteiger partial charge in [-0.15, -0.1) is 0 Å². The molecule has 1 aliphatic carbocycles. The van der Waals surface area contributed by atoms with E-state index in [9.17, 15) is 0 Å². The van der Waals surface area contributed by atoms with Gasteiger partial charge in [-0.1, -0.05) is 45.1 Å². The van der Waals surface area contributed by atoms with E-state index in [4.69, 9.17) is 9.16 Å². The van der Waals surface area contributed by atoms with Crippen molar-refractivity contribution in [3.63, 3.8) is 0 Å². The summed E-state index contributed by atoms with van der Waals surface area (Å²) in [6, 6.07) is 0. The van der Waals surface area contributed by atoms with E-state index in [1.165, 1.54) is 0 Å². The Morgan fingerprint density at radius 1 is 1.22 bits per heavy atom. The van der Waals surface area contributed by atoms with Crippen LogP contribution >= 0.6 is 0 Å². The first-order valence-electron chi connectivity index (χ1n) is 6.72. The molecule has 0 aromatic carbocycles. The molecule has 1 saturated carbocycles. The van der Waals surface area contributed by atoms with Gasteiger partial charge in [0.25, 0.3) is 0 Å². The minimum Gasteiger partial charge on any atom is -0.411 e. The van der Waals surface area contributed by atoms with Crippen LogP contribution in [0.25, 0.3) is 0 Å². The summed E-state index contributed by atoms with van der Waals surface area (Å²) >= 11 is 0. The van der Waals surface area contributed by atoms with Crippen molar-refractivity contribution >= 4 is 8.32 Å². The lowest BCUT2D eigenvalue weighted by Crippen LogP contribution is -2.42. The second-order valence-corrected chi connectivity index (χ2v) is 11.4. The maximum atomic E-state index is 6.39. The molecule has 0 radical (unpaired) electrons. The molecule has 0 saturated heterocycles. The van der Waals surface area contributed by atoms with Gasteiger partial charge in [0.05, 0.1) is 6.10 Å². The van der Waals surface area contributed by atoms with Crippen LogP contribution in [-0.4, -0.2) is 27.1 Å². The number of hydrogen-bond acceptors (Lipinski definition) is 2. The van der Waals surface area contributed by atoms with Gasteiger partial charge in [0.15, 0.2) is 8.32 Å². The molecule has 104 valence electrons. The van der Waals surface area contributed by atoms with E-state index in [0.717, 1.165) is 6.42 Å². The zero-order chi connectivity index (χ0) is 14.0. The third kappa shape index (κ3) is 3.34. The van der Waals surface area contributed by atoms with Gasteiger partial charge in [-0.3, -0.25) is 0 Å². The monoisotopic (exact) mass is 268 g/mol. The Hall–Kier alpha value is -0.383. The van der Waals surface area contributed by atoms with Crippen LogP contribution in [0.4, 0.5) is 0 Å². The van der Waals surface area contributed by atoms with Gasteiger partial charge in [-0.05, 0) is 25.1 Å². The normalized spacial score (nSPS) is 29.4. The van der Waals surface area contributed by atoms with Gasteiger partial charge in [0.2, 0.25) is 0 Å². The lowest BCUT2D eigenvalue weighted by atomic mass is 10.2. The summed E-state index contributed by atoms with van der Waals surface area (Å²) in [5.74, 6) is 0. The topological polar surface area (TPSA) is 18.5 Å². The van der Waals surface area contributed by atoms with Gasteiger partial charge >= 0.3 is 0 Å². The number of ether oxygens (including phenoxy) is 1. The van der Waals surface area contributed by atoms with E-state index >= 15 is 0 Å². The Labute approximate surface area is 113 Å². The van der Waals surface area contributed by atoms with Gasteiger partial charge < -0.3 is 9.16 Å². The maximum Gasteiger partial charge on any atom is 0.192 e. The minimum atomic E-state index is -1.69. The predicted octanol–water partition coefficient (Wildman–Crippen LogP) is 4.30. The van der Waals surface area contributed by atoms with Crippen molar-refractivity contribution in [3.05, 3.63) is 24.3 Å². The molecule has 2 nitrogen and oxygen atoms in total. The number of methoxy groups -OCH3 is 1. The number of rotatable bonds is 5. The van der Waals surface area contributed by atoms with Gasteiger partial charge in [0, 0.05) is 13.5 Å². The molecule has 1 rings (SSSR count). The molecule has 1 fully saturated rings. The van der Waals surface area contributed by atoms with Crippen molar-refractivity contribution in [2.24, 2.45) is 0 Å². The second kappa shape index (κ2) is 5.31. The van der Waals surface area contributed by atoms with Gasteiger partial charge in [0.1, 0.15) is 5.60 Å². The lowest BCUT2D eigenvalue weighted by molar-refractivity contribution is 0.0763. The smallest absolute Gasteiger partial charge is 0.192 e. The highest BCUT2D eigenvalue weighted by molar-refractivity contribution is 6.74. The van der Waals surface area contributed by atoms with Crippen LogP contribution in [0.15, 0.2) is 24.3 Å². The molecule has 0 heterocycles. The Kier molecular flexibility index (Phi) is 4.63. The average Bonchev–Trinajstić information content (AvgIpc) is 2.90. The number of allylic oxidation sites excluding steroid dienone is 3. The summed E-state index contributed by atoms with van der Waals surface area (Å²) in [4.78, 5) is 0. The summed E-state index contributed by atoms with van der Waals surface area (Å²) in [6.07, 6.45) is 9.44. The predicted molar refractivity (Wildman–Crippen MR) is 80.4 cm³/mol. The molecule has 0 spiro atoms. The standard InChI is InChI=1S/C15H28O2Si/c1-8-9-10-11-15(16-5)12-13(15)17-18(6,7)14(2,3)4/h8-11,13H,12H2,1-7H3/b9-8+,11-10+/t13-,15+/m1/s1.